The van der Waals surface area contributed by atoms with Crippen LogP contribution in [-0.2, 0) is 51.3 Å². The molecule has 362 valence electrons. The van der Waals surface area contributed by atoms with Gasteiger partial charge in [-0.2, -0.15) is 9.97 Å². The fourth-order valence-corrected chi connectivity index (χ4v) is 6.39. The van der Waals surface area contributed by atoms with E-state index in [0.717, 1.165) is 0 Å². The number of carbonyl (C=O) groups is 8. The number of likely N-dealkylation sites (tertiary alicyclic amines) is 1. The topological polar surface area (TPSA) is 422 Å². The van der Waals surface area contributed by atoms with Gasteiger partial charge in [-0.15, -0.1) is 0 Å². The van der Waals surface area contributed by atoms with Gasteiger partial charge in [-0.1, -0.05) is 0 Å². The maximum absolute atomic E-state index is 12.6. The van der Waals surface area contributed by atoms with Gasteiger partial charge in [-0.3, -0.25) is 57.9 Å². The van der Waals surface area contributed by atoms with Crippen molar-refractivity contribution in [1.29, 1.82) is 0 Å². The summed E-state index contributed by atoms with van der Waals surface area (Å²) in [7, 11) is 0. The number of nitrogen functional groups attached to an aromatic ring is 2. The predicted octanol–water partition coefficient (Wildman–Crippen LogP) is -0.407. The second-order valence-electron chi connectivity index (χ2n) is 14.7. The number of nitrogens with two attached hydrogens (primary N) is 2. The number of anilines is 4. The van der Waals surface area contributed by atoms with Gasteiger partial charge in [0.1, 0.15) is 0 Å². The van der Waals surface area contributed by atoms with Crippen molar-refractivity contribution in [2.24, 2.45) is 0 Å². The van der Waals surface area contributed by atoms with Gasteiger partial charge in [0.25, 0.3) is 35.9 Å². The highest BCUT2D eigenvalue weighted by Crippen LogP contribution is 2.17. The first-order valence-electron chi connectivity index (χ1n) is 20.7. The van der Waals surface area contributed by atoms with Crippen LogP contribution in [0.5, 0.6) is 0 Å². The third-order valence-electron chi connectivity index (χ3n) is 9.78. The van der Waals surface area contributed by atoms with E-state index in [1.807, 2.05) is 0 Å². The van der Waals surface area contributed by atoms with Crippen LogP contribution in [0.2, 0.25) is 0 Å². The summed E-state index contributed by atoms with van der Waals surface area (Å²) in [4.78, 5) is 146. The summed E-state index contributed by atoms with van der Waals surface area (Å²) in [5.74, 6) is -4.14. The molecule has 2 aromatic carbocycles. The minimum absolute atomic E-state index is 0.0249. The van der Waals surface area contributed by atoms with Crippen molar-refractivity contribution in [3.8, 4) is 0 Å². The Kier molecular flexibility index (Phi) is 16.4. The summed E-state index contributed by atoms with van der Waals surface area (Å²) < 4.78 is 9.55. The number of carbonyl (C=O) groups excluding carboxylic acids is 7. The Bertz CT molecular complexity index is 3060. The van der Waals surface area contributed by atoms with Gasteiger partial charge in [-0.25, -0.2) is 24.8 Å². The molecule has 7 rings (SSSR count). The quantitative estimate of drug-likeness (QED) is 0.0267. The Hall–Kier alpha value is -9.76. The number of hydrogen-bond acceptors (Lipinski definition) is 22. The molecule has 0 aliphatic carbocycles. The van der Waals surface area contributed by atoms with Gasteiger partial charge in [0, 0.05) is 54.6 Å². The zero-order chi connectivity index (χ0) is 50.3. The van der Waals surface area contributed by atoms with Crippen LogP contribution < -0.4 is 43.9 Å². The fraction of sp³-hybridized carbons (Fsp3) is 0.238. The lowest BCUT2D eigenvalue weighted by molar-refractivity contribution is -0.150. The number of amides is 5. The number of hydrogen-bond donors (Lipinski definition) is 9. The number of aliphatic carboxylic acids is 1. The van der Waals surface area contributed by atoms with Crippen LogP contribution >= 0.6 is 0 Å². The van der Waals surface area contributed by atoms with Crippen LogP contribution in [-0.4, -0.2) is 111 Å². The van der Waals surface area contributed by atoms with E-state index in [0.29, 0.717) is 27.7 Å². The summed E-state index contributed by atoms with van der Waals surface area (Å²) in [6.45, 7) is 0.754. The number of aromatic amines is 2. The Morgan fingerprint density at radius 2 is 1.07 bits per heavy atom. The van der Waals surface area contributed by atoms with E-state index in [-0.39, 0.29) is 110 Å². The molecule has 6 aromatic rings. The summed E-state index contributed by atoms with van der Waals surface area (Å²) in [5, 5.41) is 19.8. The van der Waals surface area contributed by atoms with E-state index in [9.17, 15) is 47.9 Å². The highest BCUT2D eigenvalue weighted by atomic mass is 16.5. The molecule has 11 N–H and O–H groups in total. The number of ether oxygens (including phenoxy) is 2. The van der Waals surface area contributed by atoms with Gasteiger partial charge in [0.05, 0.1) is 43.3 Å². The van der Waals surface area contributed by atoms with Crippen molar-refractivity contribution in [2.75, 3.05) is 22.1 Å². The minimum atomic E-state index is -1.14. The lowest BCUT2D eigenvalue weighted by atomic mass is 10.1. The average Bonchev–Trinajstić information content (AvgIpc) is 3.68. The van der Waals surface area contributed by atoms with Crippen molar-refractivity contribution in [2.45, 2.75) is 64.1 Å². The monoisotopic (exact) mass is 963 g/mol. The molecule has 1 aliphatic rings. The third kappa shape index (κ3) is 13.4. The second kappa shape index (κ2) is 23.1. The van der Waals surface area contributed by atoms with E-state index in [2.05, 4.69) is 61.1 Å². The van der Waals surface area contributed by atoms with Gasteiger partial charge in [0.15, 0.2) is 34.8 Å². The zero-order valence-electron chi connectivity index (χ0n) is 36.4. The zero-order valence-corrected chi connectivity index (χ0v) is 36.4. The normalized spacial score (nSPS) is 12.8. The molecule has 1 fully saturated rings. The number of fused-ring (bicyclic) bond motifs is 2. The van der Waals surface area contributed by atoms with Crippen LogP contribution in [0.25, 0.3) is 22.3 Å². The summed E-state index contributed by atoms with van der Waals surface area (Å²) in [5.41, 5.74) is 13.2. The maximum atomic E-state index is 12.6. The lowest BCUT2D eigenvalue weighted by Crippen LogP contribution is -2.40. The van der Waals surface area contributed by atoms with Crippen LogP contribution in [0, 0.1) is 0 Å². The number of nitrogens with zero attached hydrogens (tertiary/aromatic N) is 7. The summed E-state index contributed by atoms with van der Waals surface area (Å²) >= 11 is 0. The van der Waals surface area contributed by atoms with Crippen molar-refractivity contribution >= 4 is 94.0 Å². The van der Waals surface area contributed by atoms with Gasteiger partial charge in [-0.05, 0) is 48.5 Å². The standard InChI is InChI=1S/C23H22N8O7.C19H19N7O6/c24-23-29-20-19(22(37)30-23)27-14(10-26-20)9-25-13-3-1-12(2-4-13)21(36)28-15(38-11-32)5-6-16(33)31-17(34)7-8-18(31)35;20-19-25-16-15(18(31)26-19)23-12(8-22-16)7-21-11-3-1-10(2-4-11)17(30)24-13(32-9-27)5-6-14(28)29/h1-4,10-11,15,25H,5-9H2,(H,28,36)(H3,24,26,29,30,37);1-4,8-9,13,21H,5-7H2,(H,24,30)(H,28,29)(H3,20,22,25,26,31). The number of aromatic nitrogens is 8. The van der Waals surface area contributed by atoms with Gasteiger partial charge < -0.3 is 47.3 Å². The Morgan fingerprint density at radius 3 is 1.47 bits per heavy atom. The molecular weight excluding hydrogens is 923 g/mol. The maximum Gasteiger partial charge on any atom is 0.303 e. The number of benzene rings is 2. The van der Waals surface area contributed by atoms with Crippen molar-refractivity contribution in [3.63, 3.8) is 0 Å². The third-order valence-corrected chi connectivity index (χ3v) is 9.78. The number of imide groups is 3. The van der Waals surface area contributed by atoms with E-state index in [1.54, 1.807) is 24.3 Å². The molecule has 28 heteroatoms. The molecule has 1 aliphatic heterocycles. The van der Waals surface area contributed by atoms with E-state index in [4.69, 9.17) is 26.0 Å². The largest absolute Gasteiger partial charge is 0.481 e. The molecule has 2 atom stereocenters. The summed E-state index contributed by atoms with van der Waals surface area (Å²) in [6.07, 6.45) is -0.0619. The highest BCUT2D eigenvalue weighted by Gasteiger charge is 2.34. The molecule has 0 radical (unpaired) electrons. The SMILES string of the molecule is Nc1nc2ncc(CNc3ccc(C(=O)NC(CCC(=O)N4C(=O)CCC4=O)OC=O)cc3)nc2c(=O)[nH]1.Nc1nc2ncc(CNc3ccc(C(=O)NC(CCC(=O)O)OC=O)cc3)nc2c(=O)[nH]1. The number of rotatable bonds is 20. The second-order valence-corrected chi connectivity index (χ2v) is 14.7. The first-order chi connectivity index (χ1) is 33.6. The number of H-pyrrole nitrogens is 2. The van der Waals surface area contributed by atoms with Gasteiger partial charge in [0.2, 0.25) is 29.6 Å². The molecule has 1 saturated heterocycles. The minimum Gasteiger partial charge on any atom is -0.481 e. The predicted molar refractivity (Wildman–Crippen MR) is 241 cm³/mol. The molecular formula is C42H41N15O13. The van der Waals surface area contributed by atoms with Crippen LogP contribution in [0.3, 0.4) is 0 Å². The van der Waals surface area contributed by atoms with E-state index in [1.165, 1.54) is 36.7 Å². The smallest absolute Gasteiger partial charge is 0.303 e. The Balaban J connectivity index is 0.000000233. The Labute approximate surface area is 392 Å². The molecule has 70 heavy (non-hydrogen) atoms. The average molecular weight is 964 g/mol. The van der Waals surface area contributed by atoms with Crippen LogP contribution in [0.1, 0.15) is 70.6 Å². The molecule has 0 saturated carbocycles. The number of carboxylic acid groups (broad SMARTS) is 1. The number of carboxylic acids is 1. The van der Waals surface area contributed by atoms with E-state index >= 15 is 0 Å². The summed E-state index contributed by atoms with van der Waals surface area (Å²) in [6, 6.07) is 12.7. The first kappa shape index (κ1) is 49.7. The van der Waals surface area contributed by atoms with Crippen molar-refractivity contribution in [1.82, 2.24) is 55.4 Å². The first-order valence-corrected chi connectivity index (χ1v) is 20.7. The molecule has 0 spiro atoms. The lowest BCUT2D eigenvalue weighted by Gasteiger charge is -2.18. The molecule has 5 heterocycles. The molecule has 28 nitrogen and oxygen atoms in total. The number of nitrogens with one attached hydrogen (secondary N) is 6. The molecule has 2 unspecified atom stereocenters. The van der Waals surface area contributed by atoms with Crippen molar-refractivity contribution in [3.05, 3.63) is 104 Å². The molecule has 0 bridgehead atoms. The van der Waals surface area contributed by atoms with Crippen LogP contribution in [0.4, 0.5) is 23.3 Å². The molecule has 5 amide bonds. The van der Waals surface area contributed by atoms with Gasteiger partial charge >= 0.3 is 5.97 Å². The Morgan fingerprint density at radius 1 is 0.657 bits per heavy atom. The van der Waals surface area contributed by atoms with E-state index < -0.39 is 59.1 Å². The van der Waals surface area contributed by atoms with Crippen molar-refractivity contribution < 1.29 is 52.9 Å². The van der Waals surface area contributed by atoms with Crippen LogP contribution in [0.15, 0.2) is 70.5 Å². The fourth-order valence-electron chi connectivity index (χ4n) is 6.39. The molecule has 4 aromatic heterocycles. The highest BCUT2D eigenvalue weighted by molar-refractivity contribution is 6.15.